The zero-order chi connectivity index (χ0) is 37.1. The minimum Gasteiger partial charge on any atom is -0.459 e. The molecule has 1 aromatic heterocycles. The predicted molar refractivity (Wildman–Crippen MR) is 231 cm³/mol. The average molecular weight is 708 g/mol. The van der Waals surface area contributed by atoms with E-state index in [1.165, 1.54) is 33.0 Å². The van der Waals surface area contributed by atoms with Gasteiger partial charge in [0.05, 0.1) is 5.92 Å². The number of rotatable bonds is 9. The van der Waals surface area contributed by atoms with Gasteiger partial charge in [-0.25, -0.2) is 0 Å². The lowest BCUT2D eigenvalue weighted by molar-refractivity contribution is 0.519. The van der Waals surface area contributed by atoms with E-state index in [2.05, 4.69) is 200 Å². The van der Waals surface area contributed by atoms with Crippen molar-refractivity contribution in [2.45, 2.75) is 31.6 Å². The molecule has 2 atom stereocenters. The van der Waals surface area contributed by atoms with Crippen molar-refractivity contribution < 1.29 is 4.42 Å². The Labute approximate surface area is 323 Å². The van der Waals surface area contributed by atoms with Crippen LogP contribution < -0.4 is 4.90 Å². The van der Waals surface area contributed by atoms with Gasteiger partial charge in [0.25, 0.3) is 0 Å². The van der Waals surface area contributed by atoms with E-state index >= 15 is 0 Å². The number of nitrogens with zero attached hydrogens (tertiary/aromatic N) is 1. The molecule has 1 aliphatic carbocycles. The monoisotopic (exact) mass is 707 g/mol. The highest BCUT2D eigenvalue weighted by Crippen LogP contribution is 2.41. The van der Waals surface area contributed by atoms with Crippen LogP contribution in [0.2, 0.25) is 0 Å². The lowest BCUT2D eigenvalue weighted by Crippen LogP contribution is -2.17. The molecule has 2 heteroatoms. The van der Waals surface area contributed by atoms with Crippen molar-refractivity contribution in [1.82, 2.24) is 0 Å². The Hall–Kier alpha value is -6.82. The Kier molecular flexibility index (Phi) is 9.20. The third-order valence-electron chi connectivity index (χ3n) is 11.0. The van der Waals surface area contributed by atoms with Crippen molar-refractivity contribution in [3.8, 4) is 34.6 Å². The summed E-state index contributed by atoms with van der Waals surface area (Å²) in [5, 5.41) is 3.62. The van der Waals surface area contributed by atoms with Crippen LogP contribution in [-0.2, 0) is 0 Å². The zero-order valence-corrected chi connectivity index (χ0v) is 30.9. The SMILES string of the molecule is C#CCC(c1ccccc1)c1oc2c(-c3ccc(C4C=C(N(c5ccccc5)c5cccc(-c6ccc7ccccc7c6)c5)C=CC4)cc3)cccc2c1C. The molecule has 55 heavy (non-hydrogen) atoms. The third-order valence-corrected chi connectivity index (χ3v) is 11.0. The number of fused-ring (bicyclic) bond motifs is 2. The minimum atomic E-state index is 0.00535. The van der Waals surface area contributed by atoms with Crippen LogP contribution in [0.3, 0.4) is 0 Å². The molecule has 9 rings (SSSR count). The van der Waals surface area contributed by atoms with Crippen molar-refractivity contribution in [2.75, 3.05) is 4.90 Å². The Morgan fingerprint density at radius 2 is 1.36 bits per heavy atom. The van der Waals surface area contributed by atoms with Crippen LogP contribution in [0.5, 0.6) is 0 Å². The van der Waals surface area contributed by atoms with E-state index in [4.69, 9.17) is 10.8 Å². The Bertz CT molecular complexity index is 2730. The van der Waals surface area contributed by atoms with E-state index in [0.717, 1.165) is 56.9 Å². The van der Waals surface area contributed by atoms with Gasteiger partial charge < -0.3 is 9.32 Å². The largest absolute Gasteiger partial charge is 0.459 e. The molecule has 0 aliphatic heterocycles. The topological polar surface area (TPSA) is 16.4 Å². The van der Waals surface area contributed by atoms with Crippen LogP contribution in [0.4, 0.5) is 11.4 Å². The van der Waals surface area contributed by atoms with Crippen LogP contribution in [0.1, 0.15) is 47.1 Å². The molecule has 1 aliphatic rings. The Balaban J connectivity index is 1.04. The van der Waals surface area contributed by atoms with Gasteiger partial charge in [0.2, 0.25) is 0 Å². The smallest absolute Gasteiger partial charge is 0.142 e. The fraction of sp³-hybridized carbons (Fsp3) is 0.0943. The molecule has 0 spiro atoms. The number of anilines is 2. The maximum absolute atomic E-state index is 6.76. The summed E-state index contributed by atoms with van der Waals surface area (Å²) in [5.74, 6) is 4.07. The average Bonchev–Trinajstić information content (AvgIpc) is 3.59. The highest BCUT2D eigenvalue weighted by molar-refractivity contribution is 5.95. The van der Waals surface area contributed by atoms with Gasteiger partial charge in [-0.1, -0.05) is 152 Å². The summed E-state index contributed by atoms with van der Waals surface area (Å²) in [5.41, 5.74) is 12.5. The van der Waals surface area contributed by atoms with Gasteiger partial charge in [0.1, 0.15) is 11.3 Å². The molecular formula is C53H41NO. The second kappa shape index (κ2) is 14.9. The van der Waals surface area contributed by atoms with Gasteiger partial charge in [-0.3, -0.25) is 0 Å². The normalized spacial score (nSPS) is 14.4. The fourth-order valence-corrected chi connectivity index (χ4v) is 8.16. The molecular weight excluding hydrogens is 667 g/mol. The third kappa shape index (κ3) is 6.67. The first-order chi connectivity index (χ1) is 27.1. The molecule has 1 heterocycles. The molecule has 0 amide bonds. The number of terminal acetylenes is 1. The highest BCUT2D eigenvalue weighted by Gasteiger charge is 2.24. The summed E-state index contributed by atoms with van der Waals surface area (Å²) in [6, 6.07) is 60.7. The van der Waals surface area contributed by atoms with E-state index < -0.39 is 0 Å². The summed E-state index contributed by atoms with van der Waals surface area (Å²) >= 11 is 0. The quantitative estimate of drug-likeness (QED) is 0.139. The first-order valence-corrected chi connectivity index (χ1v) is 19.1. The molecule has 7 aromatic carbocycles. The van der Waals surface area contributed by atoms with Crippen molar-refractivity contribution in [3.63, 3.8) is 0 Å². The summed E-state index contributed by atoms with van der Waals surface area (Å²) in [6.45, 7) is 2.15. The second-order valence-corrected chi connectivity index (χ2v) is 14.4. The molecule has 0 saturated heterocycles. The fourth-order valence-electron chi connectivity index (χ4n) is 8.16. The zero-order valence-electron chi connectivity index (χ0n) is 30.9. The van der Waals surface area contributed by atoms with E-state index in [1.54, 1.807) is 0 Å². The first-order valence-electron chi connectivity index (χ1n) is 19.1. The number of benzene rings is 7. The van der Waals surface area contributed by atoms with Crippen molar-refractivity contribution in [1.29, 1.82) is 0 Å². The summed E-state index contributed by atoms with van der Waals surface area (Å²) in [6.07, 6.45) is 14.4. The van der Waals surface area contributed by atoms with Gasteiger partial charge in [-0.2, -0.15) is 0 Å². The number of hydrogen-bond acceptors (Lipinski definition) is 2. The molecule has 0 radical (unpaired) electrons. The van der Waals surface area contributed by atoms with Crippen molar-refractivity contribution in [2.24, 2.45) is 0 Å². The first kappa shape index (κ1) is 34.0. The lowest BCUT2D eigenvalue weighted by atomic mass is 9.89. The van der Waals surface area contributed by atoms with Gasteiger partial charge in [-0.05, 0) is 93.9 Å². The standard InChI is InChI=1S/C53H41NO/c1-3-15-50(40-17-6-4-7-18-40)52-37(2)49-26-14-27-51(53(49)55-52)41-31-28-39(29-32-41)43-20-12-24-47(35-43)54(46-22-8-5-9-23-46)48-25-13-21-44(36-48)45-33-30-38-16-10-11-19-42(38)34-45/h1,4-14,16-19,21-36,43,50H,15,20H2,2H3. The van der Waals surface area contributed by atoms with Gasteiger partial charge in [0.15, 0.2) is 0 Å². The Morgan fingerprint density at radius 1 is 0.673 bits per heavy atom. The molecule has 264 valence electrons. The maximum atomic E-state index is 6.76. The maximum Gasteiger partial charge on any atom is 0.142 e. The van der Waals surface area contributed by atoms with Crippen LogP contribution in [0.25, 0.3) is 44.0 Å². The van der Waals surface area contributed by atoms with Gasteiger partial charge in [0, 0.05) is 40.4 Å². The Morgan fingerprint density at radius 3 is 2.16 bits per heavy atom. The van der Waals surface area contributed by atoms with Crippen LogP contribution >= 0.6 is 0 Å². The van der Waals surface area contributed by atoms with E-state index in [-0.39, 0.29) is 11.8 Å². The van der Waals surface area contributed by atoms with Crippen molar-refractivity contribution in [3.05, 3.63) is 216 Å². The number of allylic oxidation sites excluding steroid dienone is 3. The van der Waals surface area contributed by atoms with Gasteiger partial charge in [-0.15, -0.1) is 12.3 Å². The number of furan rings is 1. The lowest BCUT2D eigenvalue weighted by Gasteiger charge is -2.30. The second-order valence-electron chi connectivity index (χ2n) is 14.4. The highest BCUT2D eigenvalue weighted by atomic mass is 16.3. The van der Waals surface area contributed by atoms with E-state index in [9.17, 15) is 0 Å². The van der Waals surface area contributed by atoms with Crippen LogP contribution in [-0.4, -0.2) is 0 Å². The summed E-state index contributed by atoms with van der Waals surface area (Å²) in [4.78, 5) is 2.38. The summed E-state index contributed by atoms with van der Waals surface area (Å²) in [7, 11) is 0. The predicted octanol–water partition coefficient (Wildman–Crippen LogP) is 14.1. The molecule has 8 aromatic rings. The molecule has 2 unspecified atom stereocenters. The number of hydrogen-bond donors (Lipinski definition) is 0. The van der Waals surface area contributed by atoms with Crippen LogP contribution in [0.15, 0.2) is 198 Å². The number of para-hydroxylation sites is 2. The summed E-state index contributed by atoms with van der Waals surface area (Å²) < 4.78 is 6.76. The van der Waals surface area contributed by atoms with Crippen molar-refractivity contribution >= 4 is 33.1 Å². The van der Waals surface area contributed by atoms with Crippen LogP contribution in [0, 0.1) is 19.3 Å². The molecule has 0 saturated carbocycles. The molecule has 0 N–H and O–H groups in total. The van der Waals surface area contributed by atoms with E-state index in [0.29, 0.717) is 6.42 Å². The molecule has 2 nitrogen and oxygen atoms in total. The number of aryl methyl sites for hydroxylation is 1. The van der Waals surface area contributed by atoms with Gasteiger partial charge >= 0.3 is 0 Å². The van der Waals surface area contributed by atoms with E-state index in [1.807, 2.05) is 6.07 Å². The molecule has 0 bridgehead atoms. The molecule has 0 fully saturated rings. The minimum absolute atomic E-state index is 0.00535.